The van der Waals surface area contributed by atoms with Crippen molar-refractivity contribution in [3.63, 3.8) is 0 Å². The Labute approximate surface area is 156 Å². The van der Waals surface area contributed by atoms with Crippen LogP contribution in [0.1, 0.15) is 57.6 Å². The SMILES string of the molecule is CCNC(=NCC1(C)CCCCC1O)NCC1CCc2nnc(C)n2C1. The maximum absolute atomic E-state index is 10.4. The Morgan fingerprint density at radius 3 is 2.92 bits per heavy atom. The summed E-state index contributed by atoms with van der Waals surface area (Å²) in [6, 6.07) is 0. The van der Waals surface area contributed by atoms with Crippen LogP contribution in [0, 0.1) is 18.3 Å². The Balaban J connectivity index is 1.56. The van der Waals surface area contributed by atoms with E-state index >= 15 is 0 Å². The van der Waals surface area contributed by atoms with E-state index in [2.05, 4.69) is 39.2 Å². The molecule has 26 heavy (non-hydrogen) atoms. The predicted molar refractivity (Wildman–Crippen MR) is 103 cm³/mol. The Kier molecular flexibility index (Phi) is 6.16. The molecule has 0 bridgehead atoms. The lowest BCUT2D eigenvalue weighted by molar-refractivity contribution is 0.00716. The van der Waals surface area contributed by atoms with E-state index in [0.717, 1.165) is 69.3 Å². The summed E-state index contributed by atoms with van der Waals surface area (Å²) >= 11 is 0. The van der Waals surface area contributed by atoms with Crippen LogP contribution in [-0.2, 0) is 13.0 Å². The zero-order valence-electron chi connectivity index (χ0n) is 16.5. The molecule has 1 aliphatic carbocycles. The minimum absolute atomic E-state index is 0.0973. The van der Waals surface area contributed by atoms with E-state index in [-0.39, 0.29) is 11.5 Å². The quantitative estimate of drug-likeness (QED) is 0.548. The molecule has 1 fully saturated rings. The van der Waals surface area contributed by atoms with Crippen LogP contribution in [0.4, 0.5) is 0 Å². The number of aliphatic hydroxyl groups excluding tert-OH is 1. The van der Waals surface area contributed by atoms with Crippen molar-refractivity contribution in [2.24, 2.45) is 16.3 Å². The lowest BCUT2D eigenvalue weighted by atomic mass is 9.73. The number of hydrogen-bond acceptors (Lipinski definition) is 4. The molecule has 7 heteroatoms. The standard InChI is InChI=1S/C19H34N6O/c1-4-20-18(22-13-19(3)10-6-5-7-16(19)26)21-11-15-8-9-17-24-23-14(2)25(17)12-15/h15-16,26H,4-13H2,1-3H3,(H2,20,21,22). The highest BCUT2D eigenvalue weighted by Crippen LogP contribution is 2.36. The van der Waals surface area contributed by atoms with Crippen LogP contribution in [0.15, 0.2) is 4.99 Å². The molecule has 0 spiro atoms. The van der Waals surface area contributed by atoms with Crippen molar-refractivity contribution < 1.29 is 5.11 Å². The van der Waals surface area contributed by atoms with Gasteiger partial charge in [-0.1, -0.05) is 19.8 Å². The summed E-state index contributed by atoms with van der Waals surface area (Å²) in [6.45, 7) is 9.64. The second-order valence-corrected chi connectivity index (χ2v) is 8.17. The monoisotopic (exact) mass is 362 g/mol. The summed E-state index contributed by atoms with van der Waals surface area (Å²) in [5.41, 5.74) is -0.0973. The van der Waals surface area contributed by atoms with Gasteiger partial charge in [0.2, 0.25) is 0 Å². The molecule has 0 amide bonds. The maximum atomic E-state index is 10.4. The molecule has 3 N–H and O–H groups in total. The van der Waals surface area contributed by atoms with E-state index in [4.69, 9.17) is 4.99 Å². The van der Waals surface area contributed by atoms with Crippen LogP contribution in [0.3, 0.4) is 0 Å². The van der Waals surface area contributed by atoms with Crippen molar-refractivity contribution in [1.29, 1.82) is 0 Å². The fraction of sp³-hybridized carbons (Fsp3) is 0.842. The molecule has 0 radical (unpaired) electrons. The molecule has 7 nitrogen and oxygen atoms in total. The Morgan fingerprint density at radius 1 is 1.31 bits per heavy atom. The summed E-state index contributed by atoms with van der Waals surface area (Å²) < 4.78 is 2.24. The average molecular weight is 363 g/mol. The van der Waals surface area contributed by atoms with Crippen LogP contribution in [0.2, 0.25) is 0 Å². The fourth-order valence-electron chi connectivity index (χ4n) is 4.11. The lowest BCUT2D eigenvalue weighted by Crippen LogP contribution is -2.43. The number of hydrogen-bond donors (Lipinski definition) is 3. The smallest absolute Gasteiger partial charge is 0.191 e. The van der Waals surface area contributed by atoms with Gasteiger partial charge in [-0.15, -0.1) is 10.2 Å². The average Bonchev–Trinajstić information content (AvgIpc) is 3.01. The van der Waals surface area contributed by atoms with Crippen LogP contribution in [0.5, 0.6) is 0 Å². The van der Waals surface area contributed by atoms with E-state index in [1.807, 2.05) is 6.92 Å². The maximum Gasteiger partial charge on any atom is 0.191 e. The molecule has 1 aromatic heterocycles. The second-order valence-electron chi connectivity index (χ2n) is 8.17. The number of rotatable bonds is 5. The van der Waals surface area contributed by atoms with Gasteiger partial charge in [-0.25, -0.2) is 0 Å². The molecule has 146 valence electrons. The normalized spacial score (nSPS) is 29.3. The number of aryl methyl sites for hydroxylation is 2. The van der Waals surface area contributed by atoms with Crippen molar-refractivity contribution >= 4 is 5.96 Å². The van der Waals surface area contributed by atoms with Crippen LogP contribution < -0.4 is 10.6 Å². The topological polar surface area (TPSA) is 87.4 Å². The van der Waals surface area contributed by atoms with Crippen molar-refractivity contribution in [2.45, 2.75) is 71.9 Å². The van der Waals surface area contributed by atoms with E-state index in [9.17, 15) is 5.11 Å². The molecule has 2 heterocycles. The minimum atomic E-state index is -0.239. The number of aromatic nitrogens is 3. The number of aliphatic hydroxyl groups is 1. The van der Waals surface area contributed by atoms with Crippen molar-refractivity contribution in [1.82, 2.24) is 25.4 Å². The van der Waals surface area contributed by atoms with Gasteiger partial charge >= 0.3 is 0 Å². The van der Waals surface area contributed by atoms with E-state index in [1.165, 1.54) is 6.42 Å². The largest absolute Gasteiger partial charge is 0.392 e. The van der Waals surface area contributed by atoms with Gasteiger partial charge in [0.1, 0.15) is 11.6 Å². The number of aliphatic imine (C=N–C) groups is 1. The number of nitrogens with zero attached hydrogens (tertiary/aromatic N) is 4. The molecular weight excluding hydrogens is 328 g/mol. The van der Waals surface area contributed by atoms with Gasteiger partial charge in [0.05, 0.1) is 12.6 Å². The molecule has 0 saturated heterocycles. The number of fused-ring (bicyclic) bond motifs is 1. The lowest BCUT2D eigenvalue weighted by Gasteiger charge is -2.37. The van der Waals surface area contributed by atoms with E-state index in [0.29, 0.717) is 12.5 Å². The van der Waals surface area contributed by atoms with Gasteiger partial charge < -0.3 is 20.3 Å². The molecule has 1 saturated carbocycles. The molecule has 1 aromatic rings. The van der Waals surface area contributed by atoms with Crippen molar-refractivity contribution in [3.8, 4) is 0 Å². The van der Waals surface area contributed by atoms with Crippen molar-refractivity contribution in [2.75, 3.05) is 19.6 Å². The molecule has 3 unspecified atom stereocenters. The molecular formula is C19H34N6O. The summed E-state index contributed by atoms with van der Waals surface area (Å²) in [5, 5.41) is 25.7. The number of guanidine groups is 1. The first-order valence-corrected chi connectivity index (χ1v) is 10.1. The van der Waals surface area contributed by atoms with Gasteiger partial charge in [0.15, 0.2) is 5.96 Å². The van der Waals surface area contributed by atoms with Crippen LogP contribution in [-0.4, -0.2) is 51.6 Å². The Hall–Kier alpha value is -1.63. The fourth-order valence-corrected chi connectivity index (χ4v) is 4.11. The third-order valence-corrected chi connectivity index (χ3v) is 6.01. The summed E-state index contributed by atoms with van der Waals surface area (Å²) in [4.78, 5) is 4.80. The predicted octanol–water partition coefficient (Wildman–Crippen LogP) is 1.65. The third-order valence-electron chi connectivity index (χ3n) is 6.01. The summed E-state index contributed by atoms with van der Waals surface area (Å²) in [6.07, 6.45) is 6.15. The Bertz CT molecular complexity index is 628. The highest BCUT2D eigenvalue weighted by Gasteiger charge is 2.35. The molecule has 2 aliphatic rings. The van der Waals surface area contributed by atoms with E-state index < -0.39 is 0 Å². The summed E-state index contributed by atoms with van der Waals surface area (Å²) in [7, 11) is 0. The number of nitrogens with one attached hydrogen (secondary N) is 2. The van der Waals surface area contributed by atoms with Gasteiger partial charge in [0.25, 0.3) is 0 Å². The molecule has 0 aromatic carbocycles. The molecule has 3 rings (SSSR count). The highest BCUT2D eigenvalue weighted by molar-refractivity contribution is 5.79. The first-order valence-electron chi connectivity index (χ1n) is 10.1. The van der Waals surface area contributed by atoms with Crippen LogP contribution >= 0.6 is 0 Å². The second kappa shape index (κ2) is 8.37. The van der Waals surface area contributed by atoms with Crippen LogP contribution in [0.25, 0.3) is 0 Å². The Morgan fingerprint density at radius 2 is 2.15 bits per heavy atom. The van der Waals surface area contributed by atoms with Gasteiger partial charge in [0, 0.05) is 31.5 Å². The first kappa shape index (κ1) is 19.1. The first-order chi connectivity index (χ1) is 12.5. The van der Waals surface area contributed by atoms with Gasteiger partial charge in [-0.2, -0.15) is 0 Å². The van der Waals surface area contributed by atoms with Gasteiger partial charge in [-0.3, -0.25) is 4.99 Å². The highest BCUT2D eigenvalue weighted by atomic mass is 16.3. The van der Waals surface area contributed by atoms with Crippen molar-refractivity contribution in [3.05, 3.63) is 11.6 Å². The third kappa shape index (κ3) is 4.37. The summed E-state index contributed by atoms with van der Waals surface area (Å²) in [5.74, 6) is 3.53. The van der Waals surface area contributed by atoms with E-state index in [1.54, 1.807) is 0 Å². The van der Waals surface area contributed by atoms with Gasteiger partial charge in [-0.05, 0) is 39.0 Å². The minimum Gasteiger partial charge on any atom is -0.392 e. The zero-order valence-corrected chi connectivity index (χ0v) is 16.5. The molecule has 3 atom stereocenters. The molecule has 1 aliphatic heterocycles. The zero-order chi connectivity index (χ0) is 18.6.